The summed E-state index contributed by atoms with van der Waals surface area (Å²) in [5.74, 6) is -2.54. The van der Waals surface area contributed by atoms with Crippen molar-refractivity contribution in [3.05, 3.63) is 125 Å². The van der Waals surface area contributed by atoms with E-state index in [0.29, 0.717) is 50.7 Å². The number of amides is 3. The van der Waals surface area contributed by atoms with Gasteiger partial charge in [-0.2, -0.15) is 25.3 Å². The van der Waals surface area contributed by atoms with Gasteiger partial charge in [0.2, 0.25) is 0 Å². The molecule has 4 heterocycles. The van der Waals surface area contributed by atoms with Gasteiger partial charge in [0.1, 0.15) is 11.1 Å². The van der Waals surface area contributed by atoms with Gasteiger partial charge in [0.25, 0.3) is 48.1 Å². The van der Waals surface area contributed by atoms with Crippen LogP contribution in [0, 0.1) is 0 Å². The normalized spacial score (nSPS) is 18.9. The molecule has 4 N–H and O–H groups in total. The summed E-state index contributed by atoms with van der Waals surface area (Å²) < 4.78 is 105. The van der Waals surface area contributed by atoms with Gasteiger partial charge in [0.15, 0.2) is 5.71 Å². The van der Waals surface area contributed by atoms with Crippen LogP contribution < -0.4 is 14.8 Å². The van der Waals surface area contributed by atoms with Crippen molar-refractivity contribution >= 4 is 82.0 Å². The van der Waals surface area contributed by atoms with E-state index >= 15 is 0 Å². The first kappa shape index (κ1) is 48.5. The number of allylic oxidation sites excluding steroid dienone is 6. The van der Waals surface area contributed by atoms with Crippen molar-refractivity contribution < 1.29 is 67.5 Å². The Bertz CT molecular complexity index is 3250. The van der Waals surface area contributed by atoms with Gasteiger partial charge in [-0.15, -0.1) is 5.06 Å². The van der Waals surface area contributed by atoms with Crippen LogP contribution in [-0.4, -0.2) is 93.2 Å². The molecular weight excluding hydrogens is 931 g/mol. The van der Waals surface area contributed by atoms with Gasteiger partial charge in [-0.1, -0.05) is 36.4 Å². The number of fused-ring (bicyclic) bond motifs is 4. The number of imide groups is 1. The van der Waals surface area contributed by atoms with Crippen LogP contribution >= 0.6 is 0 Å². The summed E-state index contributed by atoms with van der Waals surface area (Å²) in [6.45, 7) is 5.84. The molecule has 0 spiro atoms. The smallest absolute Gasteiger partial charge is 0.355 e. The summed E-state index contributed by atoms with van der Waals surface area (Å²) in [5.41, 5.74) is 2.15. The van der Waals surface area contributed by atoms with Crippen LogP contribution in [0.25, 0.3) is 10.8 Å². The lowest BCUT2D eigenvalue weighted by Gasteiger charge is -2.30. The Morgan fingerprint density at radius 3 is 2.15 bits per heavy atom. The first-order valence-corrected chi connectivity index (χ1v) is 25.1. The first-order valence-electron chi connectivity index (χ1n) is 20.6. The molecule has 3 amide bonds. The van der Waals surface area contributed by atoms with Gasteiger partial charge in [-0.05, 0) is 97.2 Å². The number of nitrogens with zero attached hydrogens (tertiary/aromatic N) is 4. The summed E-state index contributed by atoms with van der Waals surface area (Å²) in [7, 11) is -11.0. The number of carbonyl (C=O) groups is 4. The van der Waals surface area contributed by atoms with Crippen molar-refractivity contribution in [1.29, 1.82) is 0 Å². The number of nitrogens with one attached hydrogen (secondary N) is 1. The molecule has 0 bridgehead atoms. The molecule has 0 saturated carbocycles. The van der Waals surface area contributed by atoms with Crippen molar-refractivity contribution in [2.75, 3.05) is 24.7 Å². The number of benzene rings is 3. The Kier molecular flexibility index (Phi) is 12.8. The van der Waals surface area contributed by atoms with Crippen molar-refractivity contribution in [3.8, 4) is 0 Å². The molecule has 19 nitrogen and oxygen atoms in total. The first-order chi connectivity index (χ1) is 31.2. The predicted octanol–water partition coefficient (Wildman–Crippen LogP) is 4.49. The quantitative estimate of drug-likeness (QED) is 0.0587. The maximum Gasteiger partial charge on any atom is 0.363 e. The van der Waals surface area contributed by atoms with Gasteiger partial charge in [-0.3, -0.25) is 28.0 Å². The fraction of sp³-hybridized carbons (Fsp3) is 0.289. The lowest BCUT2D eigenvalue weighted by molar-refractivity contribution is -0.684. The Hall–Kier alpha value is -6.43. The molecule has 3 aliphatic rings. The largest absolute Gasteiger partial charge is 0.363 e. The molecule has 0 radical (unpaired) electrons. The number of aliphatic imine (C=N–C) groups is 1. The zero-order chi connectivity index (χ0) is 49.0. The number of aryl methyl sites for hydroxylation is 1. The molecule has 352 valence electrons. The molecule has 7 rings (SSSR count). The highest BCUT2D eigenvalue weighted by Gasteiger charge is 2.45. The molecule has 3 aliphatic heterocycles. The summed E-state index contributed by atoms with van der Waals surface area (Å²) in [5, 5.41) is 3.14. The fourth-order valence-electron chi connectivity index (χ4n) is 8.73. The van der Waals surface area contributed by atoms with Gasteiger partial charge in [-0.25, -0.2) is 9.36 Å². The van der Waals surface area contributed by atoms with E-state index in [-0.39, 0.29) is 54.5 Å². The highest BCUT2D eigenvalue weighted by molar-refractivity contribution is 7.87. The fourth-order valence-corrected chi connectivity index (χ4v) is 10.6. The lowest BCUT2D eigenvalue weighted by Crippen LogP contribution is -2.38. The minimum atomic E-state index is -5.03. The topological polar surface area (TPSA) is 275 Å². The monoisotopic (exact) mass is 976 g/mol. The van der Waals surface area contributed by atoms with E-state index in [1.165, 1.54) is 25.2 Å². The Balaban J connectivity index is 1.27. The maximum atomic E-state index is 12.9. The van der Waals surface area contributed by atoms with E-state index in [0.717, 1.165) is 11.6 Å². The molecule has 67 heavy (non-hydrogen) atoms. The van der Waals surface area contributed by atoms with Crippen LogP contribution in [0.3, 0.4) is 0 Å². The van der Waals surface area contributed by atoms with E-state index < -0.39 is 74.5 Å². The molecule has 1 saturated heterocycles. The standard InChI is InChI=1S/C45H45N5O14S3/c1-44(2)33-22-29(42(53)46-4)26-49(20-9-21-65(55,56)57)41(33)47-36(44)10-7-6-8-11-37-45(3,25-27-12-14-28(15-13-27)43(54)64-50-38(51)18-19-39(50)52)40-32-23-30(66(58,59)60)24-35(67(61,62)63)31(32)16-17-34(40)48(37)5/h6-8,10-17,22-24,26H,9,18-21,25H2,1-5H3,(H3-,46,53,55,56,57,58,59,60,61,62,63)/p+1. The van der Waals surface area contributed by atoms with Crippen LogP contribution in [0.4, 0.5) is 11.5 Å². The number of hydrogen-bond donors (Lipinski definition) is 4. The van der Waals surface area contributed by atoms with E-state index in [4.69, 9.17) is 9.83 Å². The van der Waals surface area contributed by atoms with Crippen molar-refractivity contribution in [2.24, 2.45) is 4.99 Å². The van der Waals surface area contributed by atoms with Gasteiger partial charge < -0.3 is 15.1 Å². The maximum absolute atomic E-state index is 12.9. The van der Waals surface area contributed by atoms with Crippen LogP contribution in [-0.2, 0) is 68.6 Å². The third kappa shape index (κ3) is 9.58. The molecule has 1 aromatic heterocycles. The molecule has 3 aromatic carbocycles. The SMILES string of the molecule is CNC(=O)c1cc2c([n+](CCCS(=O)(=O)O)c1)N=C(/C=C/C=C/C=C1/N(C)c3ccc4c(S(=O)(=O)O)cc(S(=O)(=O)O)cc4c3C1(C)Cc1ccc(C(=O)ON3C(=O)CCC3=O)cc1)C2(C)C. The Morgan fingerprint density at radius 1 is 0.866 bits per heavy atom. The van der Waals surface area contributed by atoms with Crippen LogP contribution in [0.15, 0.2) is 112 Å². The van der Waals surface area contributed by atoms with Gasteiger partial charge >= 0.3 is 11.8 Å². The average Bonchev–Trinajstić information content (AvgIpc) is 3.78. The van der Waals surface area contributed by atoms with Crippen LogP contribution in [0.5, 0.6) is 0 Å². The lowest BCUT2D eigenvalue weighted by atomic mass is 9.74. The number of carbonyl (C=O) groups excluding carboxylic acids is 4. The Labute approximate surface area is 386 Å². The minimum absolute atomic E-state index is 0.0137. The number of hydroxylamine groups is 2. The molecular formula is C45H46N5O14S3+. The second-order valence-electron chi connectivity index (χ2n) is 16.9. The zero-order valence-corrected chi connectivity index (χ0v) is 39.2. The molecule has 1 fully saturated rings. The molecule has 4 aromatic rings. The van der Waals surface area contributed by atoms with Gasteiger partial charge in [0, 0.05) is 55.5 Å². The molecule has 1 unspecified atom stereocenters. The van der Waals surface area contributed by atoms with E-state index in [1.807, 2.05) is 25.7 Å². The summed E-state index contributed by atoms with van der Waals surface area (Å²) in [4.78, 5) is 60.0. The van der Waals surface area contributed by atoms with Crippen molar-refractivity contribution in [2.45, 2.75) is 73.6 Å². The van der Waals surface area contributed by atoms with Crippen molar-refractivity contribution in [1.82, 2.24) is 10.4 Å². The Morgan fingerprint density at radius 2 is 1.54 bits per heavy atom. The van der Waals surface area contributed by atoms with E-state index in [9.17, 15) is 58.1 Å². The number of pyridine rings is 1. The highest BCUT2D eigenvalue weighted by atomic mass is 32.2. The number of aromatic nitrogens is 1. The number of rotatable bonds is 14. The highest BCUT2D eigenvalue weighted by Crippen LogP contribution is 2.53. The summed E-state index contributed by atoms with van der Waals surface area (Å²) in [6.07, 6.45) is 10.5. The third-order valence-electron chi connectivity index (χ3n) is 12.1. The second kappa shape index (κ2) is 17.7. The molecule has 1 atom stereocenters. The van der Waals surface area contributed by atoms with Crippen molar-refractivity contribution in [3.63, 3.8) is 0 Å². The van der Waals surface area contributed by atoms with E-state index in [2.05, 4.69) is 5.32 Å². The number of anilines is 1. The zero-order valence-electron chi connectivity index (χ0n) is 36.7. The van der Waals surface area contributed by atoms with Gasteiger partial charge in [0.05, 0.1) is 39.3 Å². The number of likely N-dealkylation sites (N-methyl/N-ethyl adjacent to an activating group) is 1. The predicted molar refractivity (Wildman–Crippen MR) is 244 cm³/mol. The molecule has 22 heteroatoms. The summed E-state index contributed by atoms with van der Waals surface area (Å²) >= 11 is 0. The third-order valence-corrected chi connectivity index (χ3v) is 14.6. The van der Waals surface area contributed by atoms with Crippen LogP contribution in [0.2, 0.25) is 0 Å². The summed E-state index contributed by atoms with van der Waals surface area (Å²) in [6, 6.07) is 12.8. The average molecular weight is 977 g/mol. The van der Waals surface area contributed by atoms with Crippen LogP contribution in [0.1, 0.15) is 77.4 Å². The van der Waals surface area contributed by atoms with E-state index in [1.54, 1.807) is 72.5 Å². The number of hydrogen-bond acceptors (Lipinski definition) is 13. The minimum Gasteiger partial charge on any atom is -0.355 e. The second-order valence-corrected chi connectivity index (χ2v) is 21.3. The molecule has 0 aliphatic carbocycles.